The van der Waals surface area contributed by atoms with Crippen molar-refractivity contribution in [2.75, 3.05) is 12.3 Å². The number of sulfone groups is 1. The number of carbonyl (C=O) groups excluding carboxylic acids is 1. The quantitative estimate of drug-likeness (QED) is 0.853. The summed E-state index contributed by atoms with van der Waals surface area (Å²) in [6, 6.07) is 7.05. The molecule has 1 saturated carbocycles. The molecule has 0 saturated heterocycles. The van der Waals surface area contributed by atoms with Gasteiger partial charge in [-0.1, -0.05) is 6.07 Å². The first-order valence-corrected chi connectivity index (χ1v) is 10.1. The molecular formula is C18H27NO4S. The molecule has 0 aromatic heterocycles. The average Bonchev–Trinajstić information content (AvgIpc) is 2.99. The third kappa shape index (κ3) is 4.97. The molecular weight excluding hydrogens is 326 g/mol. The van der Waals surface area contributed by atoms with Gasteiger partial charge in [-0.15, -0.1) is 0 Å². The Morgan fingerprint density at radius 3 is 2.54 bits per heavy atom. The highest BCUT2D eigenvalue weighted by Crippen LogP contribution is 2.24. The van der Waals surface area contributed by atoms with Crippen LogP contribution in [-0.2, 0) is 9.84 Å². The maximum Gasteiger partial charge on any atom is 0.251 e. The monoisotopic (exact) mass is 353 g/mol. The van der Waals surface area contributed by atoms with Crippen molar-refractivity contribution in [2.45, 2.75) is 57.3 Å². The molecule has 1 aromatic rings. The lowest BCUT2D eigenvalue weighted by atomic mass is 10.2. The zero-order valence-electron chi connectivity index (χ0n) is 14.7. The highest BCUT2D eigenvalue weighted by molar-refractivity contribution is 7.92. The van der Waals surface area contributed by atoms with Crippen LogP contribution in [0.5, 0.6) is 5.75 Å². The summed E-state index contributed by atoms with van der Waals surface area (Å²) in [5.74, 6) is 0.341. The van der Waals surface area contributed by atoms with Crippen LogP contribution in [-0.4, -0.2) is 37.5 Å². The lowest BCUT2D eigenvalue weighted by molar-refractivity contribution is 0.0955. The van der Waals surface area contributed by atoms with Gasteiger partial charge in [0.2, 0.25) is 0 Å². The van der Waals surface area contributed by atoms with Crippen molar-refractivity contribution in [2.24, 2.45) is 0 Å². The summed E-state index contributed by atoms with van der Waals surface area (Å²) < 4.78 is 29.2. The maximum atomic E-state index is 12.2. The maximum absolute atomic E-state index is 12.2. The Bertz CT molecular complexity index is 671. The van der Waals surface area contributed by atoms with Gasteiger partial charge in [-0.3, -0.25) is 4.79 Å². The normalized spacial score (nSPS) is 16.1. The van der Waals surface area contributed by atoms with Crippen LogP contribution in [0.4, 0.5) is 0 Å². The highest BCUT2D eigenvalue weighted by Gasteiger charge is 2.28. The van der Waals surface area contributed by atoms with E-state index in [1.807, 2.05) is 6.07 Å². The van der Waals surface area contributed by atoms with Crippen LogP contribution >= 0.6 is 0 Å². The van der Waals surface area contributed by atoms with Crippen molar-refractivity contribution in [1.29, 1.82) is 0 Å². The van der Waals surface area contributed by atoms with Gasteiger partial charge >= 0.3 is 0 Å². The zero-order valence-corrected chi connectivity index (χ0v) is 15.5. The molecule has 2 rings (SSSR count). The number of carbonyl (C=O) groups is 1. The molecule has 0 heterocycles. The van der Waals surface area contributed by atoms with Crippen molar-refractivity contribution in [3.63, 3.8) is 0 Å². The molecule has 0 aliphatic heterocycles. The smallest absolute Gasteiger partial charge is 0.251 e. The molecule has 1 aliphatic carbocycles. The molecule has 1 N–H and O–H groups in total. The Morgan fingerprint density at radius 1 is 1.25 bits per heavy atom. The van der Waals surface area contributed by atoms with Crippen LogP contribution in [0.2, 0.25) is 0 Å². The van der Waals surface area contributed by atoms with E-state index in [9.17, 15) is 13.2 Å². The van der Waals surface area contributed by atoms with E-state index in [4.69, 9.17) is 4.74 Å². The average molecular weight is 353 g/mol. The number of benzene rings is 1. The summed E-state index contributed by atoms with van der Waals surface area (Å²) in [7, 11) is -3.24. The van der Waals surface area contributed by atoms with Crippen molar-refractivity contribution in [3.8, 4) is 5.75 Å². The van der Waals surface area contributed by atoms with Gasteiger partial charge in [-0.05, 0) is 64.7 Å². The summed E-state index contributed by atoms with van der Waals surface area (Å²) in [4.78, 5) is 12.2. The molecule has 5 nitrogen and oxygen atoms in total. The van der Waals surface area contributed by atoms with Crippen LogP contribution in [0.15, 0.2) is 24.3 Å². The van der Waals surface area contributed by atoms with E-state index < -0.39 is 14.6 Å². The predicted octanol–water partition coefficient (Wildman–Crippen LogP) is 2.95. The minimum Gasteiger partial charge on any atom is -0.490 e. The summed E-state index contributed by atoms with van der Waals surface area (Å²) in [6.07, 6.45) is 4.72. The van der Waals surface area contributed by atoms with Gasteiger partial charge in [0.1, 0.15) is 5.75 Å². The Hall–Kier alpha value is -1.56. The lowest BCUT2D eigenvalue weighted by Gasteiger charge is -2.19. The third-order valence-electron chi connectivity index (χ3n) is 4.29. The number of hydrogen-bond acceptors (Lipinski definition) is 4. The molecule has 1 amide bonds. The molecule has 0 bridgehead atoms. The Labute approximate surface area is 144 Å². The van der Waals surface area contributed by atoms with E-state index in [1.54, 1.807) is 39.0 Å². The molecule has 134 valence electrons. The predicted molar refractivity (Wildman–Crippen MR) is 95.2 cm³/mol. The molecule has 1 aliphatic rings. The van der Waals surface area contributed by atoms with Crippen molar-refractivity contribution in [1.82, 2.24) is 5.32 Å². The molecule has 1 aromatic carbocycles. The molecule has 0 radical (unpaired) electrons. The van der Waals surface area contributed by atoms with E-state index in [2.05, 4.69) is 5.32 Å². The van der Waals surface area contributed by atoms with Gasteiger partial charge < -0.3 is 10.1 Å². The van der Waals surface area contributed by atoms with Crippen molar-refractivity contribution in [3.05, 3.63) is 29.8 Å². The largest absolute Gasteiger partial charge is 0.490 e. The number of amides is 1. The van der Waals surface area contributed by atoms with E-state index in [0.29, 0.717) is 11.3 Å². The lowest BCUT2D eigenvalue weighted by Crippen LogP contribution is -2.36. The minimum atomic E-state index is -3.24. The standard InChI is InChI=1S/C18H27NO4S/c1-18(2,3)24(21,22)12-11-19-17(20)14-7-6-10-16(13-14)23-15-8-4-5-9-15/h6-7,10,13,15H,4-5,8-9,11-12H2,1-3H3,(H,19,20). The fourth-order valence-electron chi connectivity index (χ4n) is 2.62. The molecule has 0 spiro atoms. The van der Waals surface area contributed by atoms with Crippen molar-refractivity contribution >= 4 is 15.7 Å². The summed E-state index contributed by atoms with van der Waals surface area (Å²) >= 11 is 0. The van der Waals surface area contributed by atoms with Crippen LogP contribution in [0.25, 0.3) is 0 Å². The number of ether oxygens (including phenoxy) is 1. The van der Waals surface area contributed by atoms with Gasteiger partial charge in [0.15, 0.2) is 9.84 Å². The second kappa shape index (κ2) is 7.55. The van der Waals surface area contributed by atoms with Crippen LogP contribution in [0.3, 0.4) is 0 Å². The summed E-state index contributed by atoms with van der Waals surface area (Å²) in [6.45, 7) is 5.09. The molecule has 1 fully saturated rings. The Balaban J connectivity index is 1.90. The Morgan fingerprint density at radius 2 is 1.92 bits per heavy atom. The first-order valence-electron chi connectivity index (χ1n) is 8.46. The first-order chi connectivity index (χ1) is 11.2. The van der Waals surface area contributed by atoms with Gasteiger partial charge in [-0.2, -0.15) is 0 Å². The highest BCUT2D eigenvalue weighted by atomic mass is 32.2. The summed E-state index contributed by atoms with van der Waals surface area (Å²) in [5.41, 5.74) is 0.485. The fraction of sp³-hybridized carbons (Fsp3) is 0.611. The van der Waals surface area contributed by atoms with Gasteiger partial charge in [0.05, 0.1) is 16.6 Å². The topological polar surface area (TPSA) is 72.5 Å². The number of nitrogens with one attached hydrogen (secondary N) is 1. The fourth-order valence-corrected chi connectivity index (χ4v) is 3.60. The van der Waals surface area contributed by atoms with E-state index in [1.165, 1.54) is 12.8 Å². The van der Waals surface area contributed by atoms with E-state index >= 15 is 0 Å². The van der Waals surface area contributed by atoms with Crippen molar-refractivity contribution < 1.29 is 17.9 Å². The van der Waals surface area contributed by atoms with Crippen LogP contribution in [0.1, 0.15) is 56.8 Å². The first kappa shape index (κ1) is 18.8. The minimum absolute atomic E-state index is 0.0689. The molecule has 0 atom stereocenters. The second-order valence-corrected chi connectivity index (χ2v) is 10.1. The molecule has 0 unspecified atom stereocenters. The van der Waals surface area contributed by atoms with Crippen LogP contribution in [0, 0.1) is 0 Å². The second-order valence-electron chi connectivity index (χ2n) is 7.24. The number of rotatable bonds is 6. The molecule has 24 heavy (non-hydrogen) atoms. The third-order valence-corrected chi connectivity index (χ3v) is 6.90. The van der Waals surface area contributed by atoms with Gasteiger partial charge in [0, 0.05) is 12.1 Å². The zero-order chi connectivity index (χ0) is 17.8. The van der Waals surface area contributed by atoms with E-state index in [0.717, 1.165) is 12.8 Å². The van der Waals surface area contributed by atoms with Gasteiger partial charge in [0.25, 0.3) is 5.91 Å². The SMILES string of the molecule is CC(C)(C)S(=O)(=O)CCNC(=O)c1cccc(OC2CCCC2)c1. The van der Waals surface area contributed by atoms with Crippen LogP contribution < -0.4 is 10.1 Å². The molecule has 6 heteroatoms. The number of hydrogen-bond donors (Lipinski definition) is 1. The Kier molecular flexibility index (Phi) is 5.91. The summed E-state index contributed by atoms with van der Waals surface area (Å²) in [5, 5.41) is 2.67. The van der Waals surface area contributed by atoms with E-state index in [-0.39, 0.29) is 24.3 Å². The van der Waals surface area contributed by atoms with Gasteiger partial charge in [-0.25, -0.2) is 8.42 Å².